The molecule has 3 nitrogen and oxygen atoms in total. The van der Waals surface area contributed by atoms with E-state index in [0.29, 0.717) is 0 Å². The molecule has 0 amide bonds. The van der Waals surface area contributed by atoms with Crippen LogP contribution in [-0.4, -0.2) is 24.6 Å². The molecular formula is C19H41N3. The fraction of sp³-hybridized carbons (Fsp3) is 1.00. The Balaban J connectivity index is 3.82. The van der Waals surface area contributed by atoms with Crippen LogP contribution in [0.4, 0.5) is 0 Å². The number of rotatable bonds is 15. The first kappa shape index (κ1) is 21.4. The molecule has 0 saturated heterocycles. The Kier molecular flexibility index (Phi) is 14.9. The molecule has 0 unspecified atom stereocenters. The summed E-state index contributed by atoms with van der Waals surface area (Å²) in [5.74, 6) is 1.66. The van der Waals surface area contributed by atoms with E-state index in [2.05, 4.69) is 50.0 Å². The van der Waals surface area contributed by atoms with Gasteiger partial charge in [-0.05, 0) is 31.1 Å². The summed E-state index contributed by atoms with van der Waals surface area (Å²) in [7, 11) is 0. The molecular weight excluding hydrogens is 270 g/mol. The summed E-state index contributed by atoms with van der Waals surface area (Å²) in [4.78, 5) is 0. The Morgan fingerprint density at radius 2 is 1.23 bits per heavy atom. The van der Waals surface area contributed by atoms with Gasteiger partial charge in [-0.1, -0.05) is 78.4 Å². The third kappa shape index (κ3) is 15.8. The molecule has 0 N–H and O–H groups in total. The smallest absolute Gasteiger partial charge is 0.0617 e. The Morgan fingerprint density at radius 3 is 1.77 bits per heavy atom. The molecule has 0 aromatic rings. The molecule has 0 aromatic carbocycles. The van der Waals surface area contributed by atoms with Crippen molar-refractivity contribution >= 4 is 0 Å². The first-order valence-corrected chi connectivity index (χ1v) is 9.68. The van der Waals surface area contributed by atoms with Crippen molar-refractivity contribution in [2.45, 2.75) is 92.4 Å². The topological polar surface area (TPSA) is 28.0 Å². The van der Waals surface area contributed by atoms with Crippen LogP contribution in [-0.2, 0) is 0 Å². The van der Waals surface area contributed by atoms with Gasteiger partial charge in [0.05, 0.1) is 6.54 Å². The van der Waals surface area contributed by atoms with Gasteiger partial charge in [-0.15, -0.1) is 0 Å². The molecule has 0 aliphatic heterocycles. The first-order valence-electron chi connectivity index (χ1n) is 9.68. The second-order valence-electron chi connectivity index (χ2n) is 7.39. The van der Waals surface area contributed by atoms with Gasteiger partial charge in [0.25, 0.3) is 0 Å². The monoisotopic (exact) mass is 311 g/mol. The van der Waals surface area contributed by atoms with Crippen LogP contribution in [0.3, 0.4) is 0 Å². The average molecular weight is 312 g/mol. The maximum atomic E-state index is 4.43. The molecule has 0 heterocycles. The molecule has 0 aromatic heterocycles. The van der Waals surface area contributed by atoms with Crippen molar-refractivity contribution in [1.82, 2.24) is 5.01 Å². The van der Waals surface area contributed by atoms with E-state index in [-0.39, 0.29) is 0 Å². The Morgan fingerprint density at radius 1 is 0.727 bits per heavy atom. The van der Waals surface area contributed by atoms with Crippen molar-refractivity contribution in [3.8, 4) is 0 Å². The summed E-state index contributed by atoms with van der Waals surface area (Å²) in [5, 5.41) is 10.9. The van der Waals surface area contributed by atoms with Crippen LogP contribution < -0.4 is 0 Å². The largest absolute Gasteiger partial charge is 0.279 e. The summed E-state index contributed by atoms with van der Waals surface area (Å²) in [6.07, 6.45) is 11.7. The fourth-order valence-electron chi connectivity index (χ4n) is 2.48. The highest BCUT2D eigenvalue weighted by Gasteiger charge is 2.03. The molecule has 22 heavy (non-hydrogen) atoms. The second kappa shape index (κ2) is 15.3. The van der Waals surface area contributed by atoms with E-state index >= 15 is 0 Å². The lowest BCUT2D eigenvalue weighted by Gasteiger charge is -2.18. The van der Waals surface area contributed by atoms with E-state index in [9.17, 15) is 0 Å². The van der Waals surface area contributed by atoms with Gasteiger partial charge < -0.3 is 0 Å². The van der Waals surface area contributed by atoms with Gasteiger partial charge in [-0.2, -0.15) is 5.11 Å². The molecule has 0 saturated carbocycles. The van der Waals surface area contributed by atoms with Crippen LogP contribution in [0.1, 0.15) is 92.4 Å². The normalized spacial score (nSPS) is 12.0. The van der Waals surface area contributed by atoms with Gasteiger partial charge in [-0.25, -0.2) is 0 Å². The maximum absolute atomic E-state index is 4.43. The average Bonchev–Trinajstić information content (AvgIpc) is 2.46. The summed E-state index contributed by atoms with van der Waals surface area (Å²) in [5.41, 5.74) is 0. The highest BCUT2D eigenvalue weighted by Crippen LogP contribution is 2.11. The zero-order valence-electron chi connectivity index (χ0n) is 16.0. The Bertz CT molecular complexity index is 249. The van der Waals surface area contributed by atoms with Crippen LogP contribution in [0.15, 0.2) is 10.3 Å². The minimum Gasteiger partial charge on any atom is -0.279 e. The van der Waals surface area contributed by atoms with Gasteiger partial charge in [0.15, 0.2) is 0 Å². The molecule has 0 rings (SSSR count). The molecule has 0 bridgehead atoms. The van der Waals surface area contributed by atoms with Gasteiger partial charge in [0.1, 0.15) is 0 Å². The predicted octanol–water partition coefficient (Wildman–Crippen LogP) is 6.50. The second-order valence-corrected chi connectivity index (χ2v) is 7.39. The lowest BCUT2D eigenvalue weighted by Crippen LogP contribution is -2.20. The molecule has 0 radical (unpaired) electrons. The predicted molar refractivity (Wildman–Crippen MR) is 98.2 cm³/mol. The van der Waals surface area contributed by atoms with Gasteiger partial charge >= 0.3 is 0 Å². The SMILES string of the molecule is CCCN=NN(CCCCCCC(C)C)CCCCC(C)C. The fourth-order valence-corrected chi connectivity index (χ4v) is 2.48. The van der Waals surface area contributed by atoms with Crippen molar-refractivity contribution in [3.63, 3.8) is 0 Å². The molecule has 0 aliphatic rings. The molecule has 0 fully saturated rings. The lowest BCUT2D eigenvalue weighted by molar-refractivity contribution is 0.250. The van der Waals surface area contributed by atoms with Crippen molar-refractivity contribution in [2.75, 3.05) is 19.6 Å². The highest BCUT2D eigenvalue weighted by atomic mass is 15.5. The van der Waals surface area contributed by atoms with E-state index in [1.807, 2.05) is 0 Å². The highest BCUT2D eigenvalue weighted by molar-refractivity contribution is 4.55. The van der Waals surface area contributed by atoms with Crippen LogP contribution in [0.25, 0.3) is 0 Å². The van der Waals surface area contributed by atoms with E-state index in [1.165, 1.54) is 51.4 Å². The molecule has 132 valence electrons. The van der Waals surface area contributed by atoms with E-state index in [1.54, 1.807) is 0 Å². The molecule has 3 heteroatoms. The molecule has 0 spiro atoms. The lowest BCUT2D eigenvalue weighted by atomic mass is 10.0. The summed E-state index contributed by atoms with van der Waals surface area (Å²) in [6.45, 7) is 14.4. The Hall–Kier alpha value is -0.600. The number of nitrogens with zero attached hydrogens (tertiary/aromatic N) is 3. The number of hydrogen-bond acceptors (Lipinski definition) is 2. The summed E-state index contributed by atoms with van der Waals surface area (Å²) >= 11 is 0. The van der Waals surface area contributed by atoms with Crippen LogP contribution >= 0.6 is 0 Å². The third-order valence-corrected chi connectivity index (χ3v) is 3.91. The molecule has 0 atom stereocenters. The number of unbranched alkanes of at least 4 members (excludes halogenated alkanes) is 4. The van der Waals surface area contributed by atoms with Crippen molar-refractivity contribution in [3.05, 3.63) is 0 Å². The van der Waals surface area contributed by atoms with Crippen molar-refractivity contribution < 1.29 is 0 Å². The van der Waals surface area contributed by atoms with Crippen molar-refractivity contribution in [2.24, 2.45) is 22.2 Å². The summed E-state index contributed by atoms with van der Waals surface area (Å²) < 4.78 is 0. The number of hydrogen-bond donors (Lipinski definition) is 0. The van der Waals surface area contributed by atoms with Crippen LogP contribution in [0, 0.1) is 11.8 Å². The maximum Gasteiger partial charge on any atom is 0.0617 e. The van der Waals surface area contributed by atoms with Gasteiger partial charge in [0, 0.05) is 13.1 Å². The zero-order valence-corrected chi connectivity index (χ0v) is 16.0. The van der Waals surface area contributed by atoms with Crippen molar-refractivity contribution in [1.29, 1.82) is 0 Å². The zero-order chi connectivity index (χ0) is 16.6. The van der Waals surface area contributed by atoms with Gasteiger partial charge in [0.2, 0.25) is 0 Å². The quantitative estimate of drug-likeness (QED) is 0.193. The minimum atomic E-state index is 0.816. The first-order chi connectivity index (χ1) is 10.6. The summed E-state index contributed by atoms with van der Waals surface area (Å²) in [6, 6.07) is 0. The standard InChI is InChI=1S/C19H41N3/c1-6-15-20-21-22(17-12-10-14-19(4)5)16-11-8-7-9-13-18(2)3/h18-19H,6-17H2,1-5H3. The van der Waals surface area contributed by atoms with E-state index in [0.717, 1.165) is 37.9 Å². The Labute approximate surface area is 139 Å². The van der Waals surface area contributed by atoms with E-state index < -0.39 is 0 Å². The van der Waals surface area contributed by atoms with Gasteiger partial charge in [-0.3, -0.25) is 5.01 Å². The van der Waals surface area contributed by atoms with E-state index in [4.69, 9.17) is 0 Å². The minimum absolute atomic E-state index is 0.816. The third-order valence-electron chi connectivity index (χ3n) is 3.91. The van der Waals surface area contributed by atoms with Crippen LogP contribution in [0.2, 0.25) is 0 Å². The van der Waals surface area contributed by atoms with Crippen LogP contribution in [0.5, 0.6) is 0 Å². The molecule has 0 aliphatic carbocycles.